The van der Waals surface area contributed by atoms with Gasteiger partial charge in [0, 0.05) is 41.1 Å². The van der Waals surface area contributed by atoms with Crippen molar-refractivity contribution in [1.29, 1.82) is 0 Å². The molecule has 2 atom stereocenters. The van der Waals surface area contributed by atoms with E-state index in [-0.39, 0.29) is 13.0 Å². The Morgan fingerprint density at radius 3 is 2.17 bits per heavy atom. The van der Waals surface area contributed by atoms with Gasteiger partial charge in [-0.25, -0.2) is 4.79 Å². The van der Waals surface area contributed by atoms with E-state index in [4.69, 9.17) is 0 Å². The van der Waals surface area contributed by atoms with Gasteiger partial charge in [0.05, 0.1) is 11.8 Å². The summed E-state index contributed by atoms with van der Waals surface area (Å²) >= 11 is 0. The second kappa shape index (κ2) is 11.1. The van der Waals surface area contributed by atoms with Crippen LogP contribution in [-0.4, -0.2) is 45.5 Å². The lowest BCUT2D eigenvalue weighted by molar-refractivity contribution is -0.428. The summed E-state index contributed by atoms with van der Waals surface area (Å²) in [6.07, 6.45) is 11.2. The highest BCUT2D eigenvalue weighted by molar-refractivity contribution is 6.04. The Kier molecular flexibility index (Phi) is 8.01. The third-order valence-corrected chi connectivity index (χ3v) is 8.24. The number of anilines is 1. The van der Waals surface area contributed by atoms with E-state index in [1.165, 1.54) is 0 Å². The van der Waals surface area contributed by atoms with Crippen molar-refractivity contribution >= 4 is 29.0 Å². The minimum atomic E-state index is -0.904. The fourth-order valence-corrected chi connectivity index (χ4v) is 6.32. The number of fused-ring (bicyclic) bond motifs is 2. The zero-order valence-corrected chi connectivity index (χ0v) is 23.9. The number of carboxylic acid groups (broad SMARTS) is 2. The first-order valence-corrected chi connectivity index (χ1v) is 13.6. The number of carboxylic acids is 2. The molecule has 6 nitrogen and oxygen atoms in total. The Balaban J connectivity index is 1.87. The quantitative estimate of drug-likeness (QED) is 0.249. The topological polar surface area (TPSA) is 80.9 Å². The highest BCUT2D eigenvalue weighted by atomic mass is 16.4. The van der Waals surface area contributed by atoms with Gasteiger partial charge in [-0.05, 0) is 64.3 Å². The average Bonchev–Trinajstić information content (AvgIpc) is 3.23. The largest absolute Gasteiger partial charge is 0.481 e. The average molecular weight is 540 g/mol. The van der Waals surface area contributed by atoms with E-state index >= 15 is 0 Å². The monoisotopic (exact) mass is 539 g/mol. The number of nitrogens with zero attached hydrogens (tertiary/aromatic N) is 2. The van der Waals surface area contributed by atoms with E-state index in [0.29, 0.717) is 19.4 Å². The van der Waals surface area contributed by atoms with E-state index in [2.05, 4.69) is 69.2 Å². The van der Waals surface area contributed by atoms with Gasteiger partial charge >= 0.3 is 11.9 Å². The van der Waals surface area contributed by atoms with Gasteiger partial charge in [0.25, 0.3) is 0 Å². The molecule has 0 radical (unpaired) electrons. The molecular formula is C34H39N2O4+. The van der Waals surface area contributed by atoms with Gasteiger partial charge < -0.3 is 15.1 Å². The van der Waals surface area contributed by atoms with Crippen LogP contribution in [0.3, 0.4) is 0 Å². The fourth-order valence-electron chi connectivity index (χ4n) is 6.32. The molecule has 2 aliphatic heterocycles. The molecule has 208 valence electrons. The Bertz CT molecular complexity index is 1480. The molecule has 40 heavy (non-hydrogen) atoms. The Hall–Kier alpha value is -4.19. The molecule has 0 fully saturated rings. The first-order valence-electron chi connectivity index (χ1n) is 13.6. The van der Waals surface area contributed by atoms with Crippen molar-refractivity contribution in [3.8, 4) is 0 Å². The molecule has 2 N–H and O–H groups in total. The Morgan fingerprint density at radius 1 is 0.925 bits per heavy atom. The van der Waals surface area contributed by atoms with Crippen LogP contribution in [0.1, 0.15) is 55.4 Å². The maximum absolute atomic E-state index is 11.9. The van der Waals surface area contributed by atoms with Crippen molar-refractivity contribution in [3.05, 3.63) is 108 Å². The van der Waals surface area contributed by atoms with Crippen molar-refractivity contribution in [2.75, 3.05) is 18.0 Å². The van der Waals surface area contributed by atoms with Crippen LogP contribution in [0.25, 0.3) is 0 Å². The number of aryl methyl sites for hydroxylation is 2. The van der Waals surface area contributed by atoms with Crippen LogP contribution in [0.5, 0.6) is 0 Å². The smallest absolute Gasteiger partial charge is 0.370 e. The van der Waals surface area contributed by atoms with Gasteiger partial charge in [-0.15, -0.1) is 13.2 Å². The first kappa shape index (κ1) is 28.8. The van der Waals surface area contributed by atoms with Gasteiger partial charge in [-0.2, -0.15) is 4.58 Å². The van der Waals surface area contributed by atoms with E-state index in [0.717, 1.165) is 45.0 Å². The minimum absolute atomic E-state index is 0.00830. The summed E-state index contributed by atoms with van der Waals surface area (Å²) in [6, 6.07) is 12.4. The Labute approximate surface area is 237 Å². The molecular weight excluding hydrogens is 500 g/mol. The molecule has 0 aromatic heterocycles. The molecule has 2 aliphatic rings. The molecule has 2 unspecified atom stereocenters. The maximum Gasteiger partial charge on any atom is 0.370 e. The predicted octanol–water partition coefficient (Wildman–Crippen LogP) is 6.59. The van der Waals surface area contributed by atoms with Gasteiger partial charge in [0.2, 0.25) is 12.2 Å². The number of benzene rings is 2. The molecule has 4 rings (SSSR count). The summed E-state index contributed by atoms with van der Waals surface area (Å²) in [5, 5.41) is 19.3. The van der Waals surface area contributed by atoms with Crippen LogP contribution in [0.4, 0.5) is 11.4 Å². The zero-order valence-electron chi connectivity index (χ0n) is 23.9. The normalized spacial score (nSPS) is 22.6. The van der Waals surface area contributed by atoms with Crippen molar-refractivity contribution in [1.82, 2.24) is 0 Å². The number of hydrogen-bond acceptors (Lipinski definition) is 3. The molecule has 0 spiro atoms. The lowest BCUT2D eigenvalue weighted by Gasteiger charge is -2.29. The summed E-state index contributed by atoms with van der Waals surface area (Å²) in [4.78, 5) is 25.6. The number of aliphatic carboxylic acids is 2. The predicted molar refractivity (Wildman–Crippen MR) is 161 cm³/mol. The second-order valence-corrected chi connectivity index (χ2v) is 11.3. The molecule has 6 heteroatoms. The number of carbonyl (C=O) groups is 2. The van der Waals surface area contributed by atoms with Crippen LogP contribution in [0.15, 0.2) is 85.6 Å². The van der Waals surface area contributed by atoms with E-state index in [1.807, 2.05) is 47.9 Å². The molecule has 0 bridgehead atoms. The summed E-state index contributed by atoms with van der Waals surface area (Å²) < 4.78 is 1.88. The third kappa shape index (κ3) is 5.06. The van der Waals surface area contributed by atoms with Gasteiger partial charge in [0.1, 0.15) is 0 Å². The zero-order chi connectivity index (χ0) is 29.2. The maximum atomic E-state index is 11.9. The highest BCUT2D eigenvalue weighted by Gasteiger charge is 2.48. The van der Waals surface area contributed by atoms with Crippen molar-refractivity contribution in [2.45, 2.75) is 57.8 Å². The van der Waals surface area contributed by atoms with Crippen LogP contribution in [0.2, 0.25) is 0 Å². The van der Waals surface area contributed by atoms with E-state index < -0.39 is 22.8 Å². The van der Waals surface area contributed by atoms with Gasteiger partial charge in [-0.1, -0.05) is 47.6 Å². The Morgan fingerprint density at radius 2 is 1.55 bits per heavy atom. The van der Waals surface area contributed by atoms with Crippen molar-refractivity contribution < 1.29 is 24.4 Å². The lowest BCUT2D eigenvalue weighted by Crippen LogP contribution is -2.32. The van der Waals surface area contributed by atoms with Crippen molar-refractivity contribution in [2.24, 2.45) is 0 Å². The molecule has 0 amide bonds. The minimum Gasteiger partial charge on any atom is -0.481 e. The second-order valence-electron chi connectivity index (χ2n) is 11.3. The lowest BCUT2D eigenvalue weighted by atomic mass is 9.76. The first-order chi connectivity index (χ1) is 19.0. The van der Waals surface area contributed by atoms with Crippen LogP contribution >= 0.6 is 0 Å². The van der Waals surface area contributed by atoms with Crippen LogP contribution in [-0.2, 0) is 20.4 Å². The van der Waals surface area contributed by atoms with Crippen molar-refractivity contribution in [3.63, 3.8) is 0 Å². The molecule has 2 heterocycles. The number of allylic oxidation sites excluding steroid dienone is 6. The standard InChI is InChI=1S/C34H38N2O4/c1-7-17-33(5)25-20-23(3)12-14-27(25)35(19-16-31(37)38)29(33)10-9-11-30-34(6,18-8-2)26-21-24(4)13-15-28(26)36(30)22-32(39)40/h7-15,20-21H,1-2,16-19,22H2,3-6H3,(H-,37,38,39,40)/p+1. The van der Waals surface area contributed by atoms with Crippen LogP contribution in [0, 0.1) is 13.8 Å². The van der Waals surface area contributed by atoms with E-state index in [1.54, 1.807) is 0 Å². The summed E-state index contributed by atoms with van der Waals surface area (Å²) in [5.74, 6) is -1.75. The third-order valence-electron chi connectivity index (χ3n) is 8.24. The molecule has 2 aromatic rings. The SMILES string of the molecule is C=CCC1(C)C(/C=C/C=C2\N(CCC(=O)O)c3ccc(C)cc3C2(C)CC=C)=[N+](CC(=O)O)c2ccc(C)cc21. The number of hydrogen-bond donors (Lipinski definition) is 2. The number of rotatable bonds is 11. The highest BCUT2D eigenvalue weighted by Crippen LogP contribution is 2.50. The summed E-state index contributed by atoms with van der Waals surface area (Å²) in [7, 11) is 0. The molecule has 0 saturated carbocycles. The van der Waals surface area contributed by atoms with Gasteiger partial charge in [0.15, 0.2) is 5.71 Å². The molecule has 2 aromatic carbocycles. The molecule has 0 aliphatic carbocycles. The fraction of sp³-hybridized carbons (Fsp3) is 0.324. The van der Waals surface area contributed by atoms with E-state index in [9.17, 15) is 19.8 Å². The van der Waals surface area contributed by atoms with Gasteiger partial charge in [-0.3, -0.25) is 4.79 Å². The summed E-state index contributed by atoms with van der Waals surface area (Å²) in [5.41, 5.74) is 7.45. The molecule has 0 saturated heterocycles. The van der Waals surface area contributed by atoms with Crippen LogP contribution < -0.4 is 4.90 Å². The summed E-state index contributed by atoms with van der Waals surface area (Å²) in [6.45, 7) is 16.6.